The van der Waals surface area contributed by atoms with E-state index in [-0.39, 0.29) is 0 Å². The van der Waals surface area contributed by atoms with Gasteiger partial charge in [-0.2, -0.15) is 0 Å². The molecule has 0 aliphatic carbocycles. The highest BCUT2D eigenvalue weighted by molar-refractivity contribution is 7.20. The van der Waals surface area contributed by atoms with Crippen LogP contribution in [0.25, 0.3) is 10.1 Å². The van der Waals surface area contributed by atoms with E-state index in [9.17, 15) is 4.79 Å². The SMILES string of the molecule is CC#Cc1cc2cncc(C(N)=O)c2s1. The van der Waals surface area contributed by atoms with Gasteiger partial charge >= 0.3 is 0 Å². The molecule has 2 aromatic heterocycles. The van der Waals surface area contributed by atoms with Crippen molar-refractivity contribution in [2.75, 3.05) is 0 Å². The van der Waals surface area contributed by atoms with Crippen LogP contribution < -0.4 is 5.73 Å². The molecule has 74 valence electrons. The van der Waals surface area contributed by atoms with Gasteiger partial charge in [0.25, 0.3) is 5.91 Å². The summed E-state index contributed by atoms with van der Waals surface area (Å²) in [5, 5.41) is 0.911. The van der Waals surface area contributed by atoms with Crippen molar-refractivity contribution < 1.29 is 4.79 Å². The number of carbonyl (C=O) groups excluding carboxylic acids is 1. The van der Waals surface area contributed by atoms with Gasteiger partial charge in [0, 0.05) is 17.8 Å². The Morgan fingerprint density at radius 1 is 1.53 bits per heavy atom. The van der Waals surface area contributed by atoms with Crippen molar-refractivity contribution in [1.29, 1.82) is 0 Å². The molecule has 2 rings (SSSR count). The molecular weight excluding hydrogens is 208 g/mol. The maximum absolute atomic E-state index is 11.1. The fraction of sp³-hybridized carbons (Fsp3) is 0.0909. The number of hydrogen-bond donors (Lipinski definition) is 1. The van der Waals surface area contributed by atoms with Gasteiger partial charge in [-0.05, 0) is 13.0 Å². The molecule has 0 fully saturated rings. The quantitative estimate of drug-likeness (QED) is 0.738. The van der Waals surface area contributed by atoms with Crippen LogP contribution >= 0.6 is 11.3 Å². The predicted molar refractivity (Wildman–Crippen MR) is 60.7 cm³/mol. The van der Waals surface area contributed by atoms with Gasteiger partial charge in [0.2, 0.25) is 0 Å². The highest BCUT2D eigenvalue weighted by atomic mass is 32.1. The minimum Gasteiger partial charge on any atom is -0.366 e. The van der Waals surface area contributed by atoms with Gasteiger partial charge in [-0.3, -0.25) is 9.78 Å². The lowest BCUT2D eigenvalue weighted by Crippen LogP contribution is -2.11. The molecule has 2 heterocycles. The van der Waals surface area contributed by atoms with Crippen LogP contribution in [0.1, 0.15) is 22.2 Å². The van der Waals surface area contributed by atoms with Crippen LogP contribution in [0, 0.1) is 11.8 Å². The molecule has 0 spiro atoms. The molecule has 4 heteroatoms. The topological polar surface area (TPSA) is 56.0 Å². The lowest BCUT2D eigenvalue weighted by atomic mass is 10.2. The number of fused-ring (bicyclic) bond motifs is 1. The number of nitrogens with two attached hydrogens (primary N) is 1. The third kappa shape index (κ3) is 1.69. The number of pyridine rings is 1. The normalized spacial score (nSPS) is 9.67. The molecule has 0 unspecified atom stereocenters. The summed E-state index contributed by atoms with van der Waals surface area (Å²) in [6.07, 6.45) is 3.20. The van der Waals surface area contributed by atoms with Crippen LogP contribution in [0.4, 0.5) is 0 Å². The van der Waals surface area contributed by atoms with E-state index in [2.05, 4.69) is 16.8 Å². The Balaban J connectivity index is 2.73. The van der Waals surface area contributed by atoms with Crippen molar-refractivity contribution in [3.8, 4) is 11.8 Å². The summed E-state index contributed by atoms with van der Waals surface area (Å²) in [6, 6.07) is 1.91. The van der Waals surface area contributed by atoms with E-state index in [0.717, 1.165) is 15.0 Å². The molecule has 1 amide bonds. The van der Waals surface area contributed by atoms with E-state index >= 15 is 0 Å². The minimum absolute atomic E-state index is 0.453. The van der Waals surface area contributed by atoms with E-state index in [1.165, 1.54) is 17.5 Å². The maximum Gasteiger partial charge on any atom is 0.251 e. The van der Waals surface area contributed by atoms with Crippen molar-refractivity contribution in [2.45, 2.75) is 6.92 Å². The fourth-order valence-electron chi connectivity index (χ4n) is 1.32. The van der Waals surface area contributed by atoms with E-state index in [1.54, 1.807) is 13.1 Å². The van der Waals surface area contributed by atoms with Crippen molar-refractivity contribution in [3.05, 3.63) is 28.9 Å². The highest BCUT2D eigenvalue weighted by Crippen LogP contribution is 2.27. The van der Waals surface area contributed by atoms with Crippen molar-refractivity contribution in [2.24, 2.45) is 5.73 Å². The van der Waals surface area contributed by atoms with Crippen molar-refractivity contribution >= 4 is 27.3 Å². The Bertz CT molecular complexity index is 589. The molecule has 0 atom stereocenters. The summed E-state index contributed by atoms with van der Waals surface area (Å²) in [5.41, 5.74) is 5.71. The highest BCUT2D eigenvalue weighted by Gasteiger charge is 2.09. The number of amides is 1. The first-order chi connectivity index (χ1) is 7.22. The van der Waals surface area contributed by atoms with Crippen LogP contribution in [-0.4, -0.2) is 10.9 Å². The number of aromatic nitrogens is 1. The third-order valence-electron chi connectivity index (χ3n) is 1.94. The molecule has 0 saturated carbocycles. The first-order valence-corrected chi connectivity index (χ1v) is 5.14. The number of hydrogen-bond acceptors (Lipinski definition) is 3. The Morgan fingerprint density at radius 3 is 3.00 bits per heavy atom. The largest absolute Gasteiger partial charge is 0.366 e. The molecule has 0 saturated heterocycles. The van der Waals surface area contributed by atoms with Crippen LogP contribution in [-0.2, 0) is 0 Å². The molecule has 0 aliphatic rings. The summed E-state index contributed by atoms with van der Waals surface area (Å²) in [6.45, 7) is 1.78. The summed E-state index contributed by atoms with van der Waals surface area (Å²) in [4.78, 5) is 16.0. The van der Waals surface area contributed by atoms with Gasteiger partial charge in [-0.25, -0.2) is 0 Å². The smallest absolute Gasteiger partial charge is 0.251 e. The molecule has 0 radical (unpaired) electrons. The van der Waals surface area contributed by atoms with E-state index in [1.807, 2.05) is 6.07 Å². The van der Waals surface area contributed by atoms with E-state index in [0.29, 0.717) is 5.56 Å². The second-order valence-corrected chi connectivity index (χ2v) is 4.01. The Hall–Kier alpha value is -1.86. The molecule has 0 aliphatic heterocycles. The zero-order valence-corrected chi connectivity index (χ0v) is 8.89. The Labute approximate surface area is 90.9 Å². The second kappa shape index (κ2) is 3.71. The van der Waals surface area contributed by atoms with Gasteiger partial charge < -0.3 is 5.73 Å². The standard InChI is InChI=1S/C11H8N2OS/c1-2-3-8-4-7-5-13-6-9(11(12)14)10(7)15-8/h4-6H,1H3,(H2,12,14). The molecule has 0 bridgehead atoms. The van der Waals surface area contributed by atoms with Gasteiger partial charge in [-0.15, -0.1) is 17.3 Å². The number of thiophene rings is 1. The van der Waals surface area contributed by atoms with E-state index < -0.39 is 5.91 Å². The van der Waals surface area contributed by atoms with E-state index in [4.69, 9.17) is 5.73 Å². The Morgan fingerprint density at radius 2 is 2.33 bits per heavy atom. The minimum atomic E-state index is -0.453. The lowest BCUT2D eigenvalue weighted by molar-refractivity contribution is 0.100. The number of carbonyl (C=O) groups is 1. The summed E-state index contributed by atoms with van der Waals surface area (Å²) < 4.78 is 0.857. The van der Waals surface area contributed by atoms with Gasteiger partial charge in [0.15, 0.2) is 0 Å². The molecule has 3 nitrogen and oxygen atoms in total. The molecule has 0 aromatic carbocycles. The number of nitrogens with zero attached hydrogens (tertiary/aromatic N) is 1. The number of rotatable bonds is 1. The lowest BCUT2D eigenvalue weighted by Gasteiger charge is -1.94. The molecule has 2 aromatic rings. The Kier molecular flexibility index (Phi) is 2.40. The third-order valence-corrected chi connectivity index (χ3v) is 3.04. The monoisotopic (exact) mass is 216 g/mol. The molecule has 15 heavy (non-hydrogen) atoms. The van der Waals surface area contributed by atoms with Crippen molar-refractivity contribution in [3.63, 3.8) is 0 Å². The molecular formula is C11H8N2OS. The predicted octanol–water partition coefficient (Wildman–Crippen LogP) is 1.77. The fourth-order valence-corrected chi connectivity index (χ4v) is 2.37. The zero-order valence-electron chi connectivity index (χ0n) is 8.07. The van der Waals surface area contributed by atoms with Crippen LogP contribution in [0.5, 0.6) is 0 Å². The van der Waals surface area contributed by atoms with Gasteiger partial charge in [0.1, 0.15) is 0 Å². The van der Waals surface area contributed by atoms with Crippen LogP contribution in [0.2, 0.25) is 0 Å². The van der Waals surface area contributed by atoms with Crippen molar-refractivity contribution in [1.82, 2.24) is 4.98 Å². The molecule has 2 N–H and O–H groups in total. The van der Waals surface area contributed by atoms with Gasteiger partial charge in [0.05, 0.1) is 15.1 Å². The summed E-state index contributed by atoms with van der Waals surface area (Å²) >= 11 is 1.46. The number of primary amides is 1. The summed E-state index contributed by atoms with van der Waals surface area (Å²) in [7, 11) is 0. The first-order valence-electron chi connectivity index (χ1n) is 4.32. The van der Waals surface area contributed by atoms with Gasteiger partial charge in [-0.1, -0.05) is 5.92 Å². The van der Waals surface area contributed by atoms with Crippen LogP contribution in [0.15, 0.2) is 18.5 Å². The maximum atomic E-state index is 11.1. The van der Waals surface area contributed by atoms with Crippen LogP contribution in [0.3, 0.4) is 0 Å². The average molecular weight is 216 g/mol. The average Bonchev–Trinajstić information content (AvgIpc) is 2.59. The first kappa shape index (κ1) is 9.69. The summed E-state index contributed by atoms with van der Waals surface area (Å²) in [5.74, 6) is 5.32. The second-order valence-electron chi connectivity index (χ2n) is 2.96. The zero-order chi connectivity index (χ0) is 10.8.